The van der Waals surface area contributed by atoms with Gasteiger partial charge in [0.1, 0.15) is 10.9 Å². The number of carbonyl (C=O) groups excluding carboxylic acids is 1. The van der Waals surface area contributed by atoms with Crippen molar-refractivity contribution in [1.82, 2.24) is 4.98 Å². The van der Waals surface area contributed by atoms with E-state index >= 15 is 0 Å². The Morgan fingerprint density at radius 1 is 1.62 bits per heavy atom. The number of halogens is 1. The van der Waals surface area contributed by atoms with Gasteiger partial charge in [-0.3, -0.25) is 4.79 Å². The van der Waals surface area contributed by atoms with E-state index < -0.39 is 0 Å². The molecular formula is C9H10ClNO2. The summed E-state index contributed by atoms with van der Waals surface area (Å²) in [7, 11) is 1.50. The predicted octanol–water partition coefficient (Wildman–Crippen LogP) is 1.88. The van der Waals surface area contributed by atoms with E-state index in [0.717, 1.165) is 5.56 Å². The van der Waals surface area contributed by atoms with Crippen LogP contribution in [0.1, 0.15) is 12.5 Å². The van der Waals surface area contributed by atoms with Crippen molar-refractivity contribution in [2.24, 2.45) is 0 Å². The molecule has 0 aliphatic heterocycles. The van der Waals surface area contributed by atoms with Gasteiger partial charge in [0.25, 0.3) is 0 Å². The van der Waals surface area contributed by atoms with E-state index in [0.29, 0.717) is 17.5 Å². The molecule has 70 valence electrons. The molecule has 0 radical (unpaired) electrons. The molecule has 1 heterocycles. The van der Waals surface area contributed by atoms with Crippen LogP contribution in [-0.2, 0) is 11.2 Å². The maximum Gasteiger partial charge on any atom is 0.218 e. The van der Waals surface area contributed by atoms with Crippen LogP contribution in [0.2, 0.25) is 5.15 Å². The van der Waals surface area contributed by atoms with Crippen LogP contribution in [-0.4, -0.2) is 17.9 Å². The number of hydrogen-bond donors (Lipinski definition) is 0. The van der Waals surface area contributed by atoms with Gasteiger partial charge in [0.2, 0.25) is 5.88 Å². The molecule has 0 unspecified atom stereocenters. The Morgan fingerprint density at radius 3 is 2.85 bits per heavy atom. The van der Waals surface area contributed by atoms with Gasteiger partial charge in [-0.1, -0.05) is 17.7 Å². The number of aromatic nitrogens is 1. The standard InChI is InChI=1S/C9H10ClNO2/c1-6(12)5-7-3-4-8(10)11-9(7)13-2/h3-4H,5H2,1-2H3. The number of rotatable bonds is 3. The highest BCUT2D eigenvalue weighted by Gasteiger charge is 2.07. The summed E-state index contributed by atoms with van der Waals surface area (Å²) >= 11 is 5.66. The molecule has 0 fully saturated rings. The minimum Gasteiger partial charge on any atom is -0.481 e. The molecule has 0 aliphatic rings. The monoisotopic (exact) mass is 199 g/mol. The van der Waals surface area contributed by atoms with Crippen molar-refractivity contribution in [3.05, 3.63) is 22.8 Å². The molecule has 0 atom stereocenters. The smallest absolute Gasteiger partial charge is 0.218 e. The summed E-state index contributed by atoms with van der Waals surface area (Å²) in [6.45, 7) is 1.52. The van der Waals surface area contributed by atoms with Gasteiger partial charge < -0.3 is 4.74 Å². The van der Waals surface area contributed by atoms with Crippen LogP contribution in [0.15, 0.2) is 12.1 Å². The number of hydrogen-bond acceptors (Lipinski definition) is 3. The van der Waals surface area contributed by atoms with E-state index in [1.54, 1.807) is 12.1 Å². The van der Waals surface area contributed by atoms with E-state index in [-0.39, 0.29) is 5.78 Å². The number of methoxy groups -OCH3 is 1. The van der Waals surface area contributed by atoms with Crippen LogP contribution >= 0.6 is 11.6 Å². The fourth-order valence-electron chi connectivity index (χ4n) is 1.03. The number of Topliss-reactive ketones (excluding diaryl/α,β-unsaturated/α-hetero) is 1. The number of pyridine rings is 1. The van der Waals surface area contributed by atoms with Crippen LogP contribution in [0.5, 0.6) is 5.88 Å². The van der Waals surface area contributed by atoms with Crippen LogP contribution < -0.4 is 4.74 Å². The molecule has 1 rings (SSSR count). The molecule has 0 bridgehead atoms. The highest BCUT2D eigenvalue weighted by Crippen LogP contribution is 2.18. The molecule has 0 aromatic carbocycles. The van der Waals surface area contributed by atoms with Crippen molar-refractivity contribution >= 4 is 17.4 Å². The van der Waals surface area contributed by atoms with E-state index in [2.05, 4.69) is 4.98 Å². The third-order valence-corrected chi connectivity index (χ3v) is 1.75. The summed E-state index contributed by atoms with van der Waals surface area (Å²) < 4.78 is 4.98. The van der Waals surface area contributed by atoms with E-state index in [9.17, 15) is 4.79 Å². The summed E-state index contributed by atoms with van der Waals surface area (Å²) in [6, 6.07) is 3.39. The lowest BCUT2D eigenvalue weighted by molar-refractivity contribution is -0.116. The summed E-state index contributed by atoms with van der Waals surface area (Å²) in [5, 5.41) is 0.365. The highest BCUT2D eigenvalue weighted by molar-refractivity contribution is 6.29. The van der Waals surface area contributed by atoms with Crippen molar-refractivity contribution in [3.63, 3.8) is 0 Å². The molecule has 1 aromatic heterocycles. The average molecular weight is 200 g/mol. The normalized spacial score (nSPS) is 9.77. The van der Waals surface area contributed by atoms with Gasteiger partial charge in [-0.25, -0.2) is 4.98 Å². The summed E-state index contributed by atoms with van der Waals surface area (Å²) in [5.41, 5.74) is 0.763. The van der Waals surface area contributed by atoms with Crippen molar-refractivity contribution in [3.8, 4) is 5.88 Å². The van der Waals surface area contributed by atoms with Crippen molar-refractivity contribution < 1.29 is 9.53 Å². The summed E-state index contributed by atoms with van der Waals surface area (Å²) in [5.74, 6) is 0.491. The van der Waals surface area contributed by atoms with Gasteiger partial charge in [-0.2, -0.15) is 0 Å². The zero-order valence-corrected chi connectivity index (χ0v) is 8.26. The number of carbonyl (C=O) groups is 1. The zero-order chi connectivity index (χ0) is 9.84. The molecule has 0 spiro atoms. The fraction of sp³-hybridized carbons (Fsp3) is 0.333. The Kier molecular flexibility index (Phi) is 3.25. The zero-order valence-electron chi connectivity index (χ0n) is 7.50. The van der Waals surface area contributed by atoms with Gasteiger partial charge in [-0.15, -0.1) is 0 Å². The Hall–Kier alpha value is -1.09. The number of nitrogens with zero attached hydrogens (tertiary/aromatic N) is 1. The number of ketones is 1. The Morgan fingerprint density at radius 2 is 2.31 bits per heavy atom. The first-order valence-electron chi connectivity index (χ1n) is 3.82. The van der Waals surface area contributed by atoms with Gasteiger partial charge >= 0.3 is 0 Å². The Balaban J connectivity index is 2.99. The maximum absolute atomic E-state index is 10.8. The third kappa shape index (κ3) is 2.70. The molecule has 1 aromatic rings. The second kappa shape index (κ2) is 4.23. The van der Waals surface area contributed by atoms with Crippen LogP contribution in [0.4, 0.5) is 0 Å². The SMILES string of the molecule is COc1nc(Cl)ccc1CC(C)=O. The molecule has 0 saturated carbocycles. The van der Waals surface area contributed by atoms with Gasteiger partial charge in [0.15, 0.2) is 0 Å². The largest absolute Gasteiger partial charge is 0.481 e. The first-order valence-corrected chi connectivity index (χ1v) is 4.20. The van der Waals surface area contributed by atoms with Crippen molar-refractivity contribution in [1.29, 1.82) is 0 Å². The lowest BCUT2D eigenvalue weighted by Crippen LogP contribution is -2.01. The lowest BCUT2D eigenvalue weighted by Gasteiger charge is -2.05. The first kappa shape index (κ1) is 9.99. The molecule has 4 heteroatoms. The minimum atomic E-state index is 0.0717. The molecule has 0 saturated heterocycles. The molecular weight excluding hydrogens is 190 g/mol. The third-order valence-electron chi connectivity index (χ3n) is 1.54. The molecule has 0 amide bonds. The minimum absolute atomic E-state index is 0.0717. The van der Waals surface area contributed by atoms with Crippen LogP contribution in [0.3, 0.4) is 0 Å². The second-order valence-electron chi connectivity index (χ2n) is 2.68. The highest BCUT2D eigenvalue weighted by atomic mass is 35.5. The Bertz CT molecular complexity index is 325. The quantitative estimate of drug-likeness (QED) is 0.698. The van der Waals surface area contributed by atoms with Gasteiger partial charge in [0, 0.05) is 12.0 Å². The van der Waals surface area contributed by atoms with Crippen molar-refractivity contribution in [2.45, 2.75) is 13.3 Å². The maximum atomic E-state index is 10.8. The van der Waals surface area contributed by atoms with E-state index in [1.165, 1.54) is 14.0 Å². The molecule has 3 nitrogen and oxygen atoms in total. The number of ether oxygens (including phenoxy) is 1. The molecule has 0 N–H and O–H groups in total. The van der Waals surface area contributed by atoms with Gasteiger partial charge in [-0.05, 0) is 13.0 Å². The molecule has 13 heavy (non-hydrogen) atoms. The van der Waals surface area contributed by atoms with Gasteiger partial charge in [0.05, 0.1) is 7.11 Å². The lowest BCUT2D eigenvalue weighted by atomic mass is 10.1. The van der Waals surface area contributed by atoms with E-state index in [1.807, 2.05) is 0 Å². The van der Waals surface area contributed by atoms with E-state index in [4.69, 9.17) is 16.3 Å². The molecule has 0 aliphatic carbocycles. The van der Waals surface area contributed by atoms with Crippen LogP contribution in [0, 0.1) is 0 Å². The summed E-state index contributed by atoms with van der Waals surface area (Å²) in [6.07, 6.45) is 0.327. The predicted molar refractivity (Wildman–Crippen MR) is 50.2 cm³/mol. The second-order valence-corrected chi connectivity index (χ2v) is 3.07. The van der Waals surface area contributed by atoms with Crippen LogP contribution in [0.25, 0.3) is 0 Å². The Labute approximate surface area is 81.7 Å². The first-order chi connectivity index (χ1) is 6.13. The topological polar surface area (TPSA) is 39.2 Å². The average Bonchev–Trinajstić information content (AvgIpc) is 2.07. The van der Waals surface area contributed by atoms with Crippen molar-refractivity contribution in [2.75, 3.05) is 7.11 Å². The summed E-state index contributed by atoms with van der Waals surface area (Å²) in [4.78, 5) is 14.8. The fourth-order valence-corrected chi connectivity index (χ4v) is 1.17.